The normalized spacial score (nSPS) is 15.3. The van der Waals surface area contributed by atoms with E-state index in [-0.39, 0.29) is 18.5 Å². The lowest BCUT2D eigenvalue weighted by molar-refractivity contribution is -0.117. The third-order valence-corrected chi connectivity index (χ3v) is 5.32. The van der Waals surface area contributed by atoms with Gasteiger partial charge in [0.2, 0.25) is 5.91 Å². The van der Waals surface area contributed by atoms with Crippen LogP contribution < -0.4 is 21.7 Å². The first-order valence-corrected chi connectivity index (χ1v) is 11.0. The summed E-state index contributed by atoms with van der Waals surface area (Å²) in [5, 5.41) is 9.20. The molecule has 0 radical (unpaired) electrons. The molecule has 0 aliphatic carbocycles. The molecule has 2 heterocycles. The smallest absolute Gasteiger partial charge is 0.251 e. The number of carbonyl (C=O) groups excluding carboxylic acids is 2. The number of rotatable bonds is 10. The van der Waals surface area contributed by atoms with Gasteiger partial charge in [-0.25, -0.2) is 4.99 Å². The lowest BCUT2D eigenvalue weighted by Crippen LogP contribution is -2.42. The zero-order valence-electron chi connectivity index (χ0n) is 18.5. The average molecular weight is 441 g/mol. The minimum atomic E-state index is -0.577. The quantitative estimate of drug-likeness (QED) is 0.327. The van der Waals surface area contributed by atoms with Crippen LogP contribution in [0.5, 0.6) is 0 Å². The summed E-state index contributed by atoms with van der Waals surface area (Å²) in [6, 6.07) is 11.2. The molecule has 9 nitrogen and oxygen atoms in total. The van der Waals surface area contributed by atoms with Gasteiger partial charge in [0.15, 0.2) is 5.96 Å². The van der Waals surface area contributed by atoms with Crippen molar-refractivity contribution in [1.82, 2.24) is 20.9 Å². The topological polar surface area (TPSA) is 125 Å². The highest BCUT2D eigenvalue weighted by atomic mass is 16.3. The number of benzene rings is 1. The molecule has 172 valence electrons. The number of amides is 2. The number of nitrogens with one attached hydrogen (secondary N) is 3. The molecule has 1 unspecified atom stereocenters. The molecule has 1 saturated heterocycles. The Bertz CT molecular complexity index is 889. The van der Waals surface area contributed by atoms with Gasteiger partial charge in [-0.1, -0.05) is 12.1 Å². The van der Waals surface area contributed by atoms with Gasteiger partial charge in [-0.15, -0.1) is 0 Å². The number of furan rings is 1. The first-order chi connectivity index (χ1) is 15.6. The molecule has 0 spiro atoms. The van der Waals surface area contributed by atoms with Crippen molar-refractivity contribution < 1.29 is 14.0 Å². The Morgan fingerprint density at radius 3 is 2.50 bits per heavy atom. The van der Waals surface area contributed by atoms with Crippen molar-refractivity contribution in [2.24, 2.45) is 10.7 Å². The fraction of sp³-hybridized carbons (Fsp3) is 0.435. The van der Waals surface area contributed by atoms with Crippen molar-refractivity contribution in [3.63, 3.8) is 0 Å². The van der Waals surface area contributed by atoms with Crippen molar-refractivity contribution in [2.75, 3.05) is 32.7 Å². The third-order valence-electron chi connectivity index (χ3n) is 5.32. The van der Waals surface area contributed by atoms with Crippen molar-refractivity contribution in [2.45, 2.75) is 32.4 Å². The highest BCUT2D eigenvalue weighted by Crippen LogP contribution is 2.24. The average Bonchev–Trinajstić information content (AvgIpc) is 3.51. The summed E-state index contributed by atoms with van der Waals surface area (Å²) in [6.45, 7) is 5.90. The monoisotopic (exact) mass is 440 g/mol. The van der Waals surface area contributed by atoms with E-state index in [2.05, 4.69) is 25.8 Å². The van der Waals surface area contributed by atoms with Crippen LogP contribution in [-0.2, 0) is 11.3 Å². The summed E-state index contributed by atoms with van der Waals surface area (Å²) in [7, 11) is 0. The van der Waals surface area contributed by atoms with E-state index in [0.717, 1.165) is 36.9 Å². The molecule has 9 heteroatoms. The maximum Gasteiger partial charge on any atom is 0.251 e. The van der Waals surface area contributed by atoms with Gasteiger partial charge in [0.25, 0.3) is 5.91 Å². The maximum atomic E-state index is 12.0. The number of carbonyl (C=O) groups is 2. The van der Waals surface area contributed by atoms with E-state index in [4.69, 9.17) is 10.2 Å². The largest absolute Gasteiger partial charge is 0.468 e. The summed E-state index contributed by atoms with van der Waals surface area (Å²) < 4.78 is 5.69. The molecule has 1 aromatic carbocycles. The fourth-order valence-corrected chi connectivity index (χ4v) is 3.68. The summed E-state index contributed by atoms with van der Waals surface area (Å²) in [5.41, 5.74) is 6.49. The summed E-state index contributed by atoms with van der Waals surface area (Å²) >= 11 is 0. The molecule has 1 aliphatic heterocycles. The van der Waals surface area contributed by atoms with Gasteiger partial charge in [0, 0.05) is 18.7 Å². The zero-order valence-corrected chi connectivity index (χ0v) is 18.5. The van der Waals surface area contributed by atoms with Crippen molar-refractivity contribution in [3.8, 4) is 0 Å². The van der Waals surface area contributed by atoms with Crippen LogP contribution in [0.3, 0.4) is 0 Å². The number of hydrogen-bond donors (Lipinski definition) is 4. The van der Waals surface area contributed by atoms with Crippen LogP contribution in [0.1, 0.15) is 47.5 Å². The molecule has 1 fully saturated rings. The minimum absolute atomic E-state index is 0.162. The number of primary amides is 1. The summed E-state index contributed by atoms with van der Waals surface area (Å²) in [5.74, 6) is 0.776. The molecule has 0 bridgehead atoms. The fourth-order valence-electron chi connectivity index (χ4n) is 3.68. The molecular formula is C23H32N6O3. The molecule has 1 aromatic heterocycles. The molecule has 32 heavy (non-hydrogen) atoms. The molecule has 1 atom stereocenters. The van der Waals surface area contributed by atoms with E-state index in [1.807, 2.05) is 31.2 Å². The lowest BCUT2D eigenvalue weighted by atomic mass is 10.1. The maximum absolute atomic E-state index is 12.0. The molecule has 2 aromatic rings. The molecule has 3 rings (SSSR count). The van der Waals surface area contributed by atoms with E-state index in [0.29, 0.717) is 18.7 Å². The lowest BCUT2D eigenvalue weighted by Gasteiger charge is -2.26. The second kappa shape index (κ2) is 11.9. The Labute approximate surface area is 188 Å². The second-order valence-electron chi connectivity index (χ2n) is 7.70. The first kappa shape index (κ1) is 23.3. The number of nitrogens with two attached hydrogens (primary N) is 1. The van der Waals surface area contributed by atoms with Gasteiger partial charge in [0.1, 0.15) is 5.76 Å². The van der Waals surface area contributed by atoms with Crippen LogP contribution in [0, 0.1) is 0 Å². The van der Waals surface area contributed by atoms with E-state index in [1.54, 1.807) is 18.4 Å². The van der Waals surface area contributed by atoms with Crippen LogP contribution in [-0.4, -0.2) is 55.4 Å². The Morgan fingerprint density at radius 1 is 1.12 bits per heavy atom. The first-order valence-electron chi connectivity index (χ1n) is 11.0. The van der Waals surface area contributed by atoms with E-state index >= 15 is 0 Å². The van der Waals surface area contributed by atoms with Crippen molar-refractivity contribution >= 4 is 17.8 Å². The molecule has 1 aliphatic rings. The Morgan fingerprint density at radius 2 is 1.88 bits per heavy atom. The highest BCUT2D eigenvalue weighted by Gasteiger charge is 2.25. The van der Waals surface area contributed by atoms with Crippen LogP contribution in [0.25, 0.3) is 0 Å². The van der Waals surface area contributed by atoms with Gasteiger partial charge in [-0.2, -0.15) is 0 Å². The molecule has 5 N–H and O–H groups in total. The van der Waals surface area contributed by atoms with Crippen molar-refractivity contribution in [1.29, 1.82) is 0 Å². The number of hydrogen-bond acceptors (Lipinski definition) is 5. The van der Waals surface area contributed by atoms with E-state index in [9.17, 15) is 9.59 Å². The highest BCUT2D eigenvalue weighted by molar-refractivity contribution is 5.96. The zero-order chi connectivity index (χ0) is 22.8. The van der Waals surface area contributed by atoms with E-state index in [1.165, 1.54) is 12.8 Å². The van der Waals surface area contributed by atoms with Crippen LogP contribution in [0.15, 0.2) is 52.1 Å². The van der Waals surface area contributed by atoms with Crippen LogP contribution >= 0.6 is 0 Å². The van der Waals surface area contributed by atoms with Crippen LogP contribution in [0.4, 0.5) is 0 Å². The van der Waals surface area contributed by atoms with Gasteiger partial charge in [-0.3, -0.25) is 14.5 Å². The molecular weight excluding hydrogens is 408 g/mol. The second-order valence-corrected chi connectivity index (χ2v) is 7.70. The van der Waals surface area contributed by atoms with Gasteiger partial charge < -0.3 is 26.1 Å². The Hall–Kier alpha value is -3.33. The van der Waals surface area contributed by atoms with Gasteiger partial charge in [-0.05, 0) is 62.7 Å². The standard InChI is InChI=1S/C23H32N6O3/c1-2-25-23(28-15-19(20-6-5-13-32-20)29-11-3-4-12-29)27-14-17-7-9-18(10-8-17)22(31)26-16-21(24)30/h5-10,13,19H,2-4,11-12,14-16H2,1H3,(H2,24,30)(H,26,31)(H2,25,27,28). The Balaban J connectivity index is 1.59. The van der Waals surface area contributed by atoms with E-state index < -0.39 is 5.91 Å². The minimum Gasteiger partial charge on any atom is -0.468 e. The predicted octanol–water partition coefficient (Wildman–Crippen LogP) is 1.39. The number of guanidine groups is 1. The predicted molar refractivity (Wildman–Crippen MR) is 123 cm³/mol. The summed E-state index contributed by atoms with van der Waals surface area (Å²) in [6.07, 6.45) is 4.14. The third kappa shape index (κ3) is 6.84. The van der Waals surface area contributed by atoms with Crippen molar-refractivity contribution in [3.05, 3.63) is 59.5 Å². The summed E-state index contributed by atoms with van der Waals surface area (Å²) in [4.78, 5) is 29.9. The van der Waals surface area contributed by atoms with Gasteiger partial charge in [0.05, 0.1) is 25.4 Å². The van der Waals surface area contributed by atoms with Crippen LogP contribution in [0.2, 0.25) is 0 Å². The number of aliphatic imine (C=N–C) groups is 1. The Kier molecular flexibility index (Phi) is 8.68. The number of likely N-dealkylation sites (tertiary alicyclic amines) is 1. The van der Waals surface area contributed by atoms with Gasteiger partial charge >= 0.3 is 0 Å². The SMILES string of the molecule is CCNC(=NCc1ccc(C(=O)NCC(N)=O)cc1)NCC(c1ccco1)N1CCCC1. The molecule has 2 amide bonds. The number of nitrogens with zero attached hydrogens (tertiary/aromatic N) is 2. The molecule has 0 saturated carbocycles.